The van der Waals surface area contributed by atoms with E-state index in [0.29, 0.717) is 53.4 Å². The van der Waals surface area contributed by atoms with Gasteiger partial charge in [0.05, 0.1) is 24.1 Å². The first-order valence-electron chi connectivity index (χ1n) is 13.6. The van der Waals surface area contributed by atoms with Gasteiger partial charge < -0.3 is 39.4 Å². The van der Waals surface area contributed by atoms with Crippen LogP contribution in [0.1, 0.15) is 46.4 Å². The minimum Gasteiger partial charge on any atom is -0.490 e. The molecule has 3 heterocycles. The molecule has 2 aromatic rings. The van der Waals surface area contributed by atoms with Crippen LogP contribution in [0.2, 0.25) is 0 Å². The third-order valence-corrected chi connectivity index (χ3v) is 7.42. The Morgan fingerprint density at radius 1 is 1.02 bits per heavy atom. The number of benzene rings is 2. The van der Waals surface area contributed by atoms with Crippen LogP contribution in [0.25, 0.3) is 0 Å². The number of anilines is 1. The summed E-state index contributed by atoms with van der Waals surface area (Å²) in [6, 6.07) is 9.79. The van der Waals surface area contributed by atoms with E-state index in [1.54, 1.807) is 48.3 Å². The first-order chi connectivity index (χ1) is 19.3. The standard InChI is InChI=1S/C29H36N4O7/c1-32(2)12-4-11-30-27(34)15-20-7-8-22-26(40-20)16-37-23-10-6-19(14-21(23)29(36)33(22)3)31-28(35)18-5-9-24-25(13-18)39-17-38-24/h5-6,9-10,13-14,20,22,26H,4,7-8,11-12,15-17H2,1-3H3,(H,30,34)(H,31,35)/t20-,22+,26-/m1/s1. The molecule has 0 unspecified atom stereocenters. The lowest BCUT2D eigenvalue weighted by atomic mass is 9.94. The van der Waals surface area contributed by atoms with Crippen LogP contribution in [-0.2, 0) is 9.53 Å². The van der Waals surface area contributed by atoms with Crippen molar-refractivity contribution < 1.29 is 33.3 Å². The average Bonchev–Trinajstić information content (AvgIpc) is 3.41. The van der Waals surface area contributed by atoms with Gasteiger partial charge in [0.2, 0.25) is 12.7 Å². The molecule has 3 atom stereocenters. The second-order valence-corrected chi connectivity index (χ2v) is 10.6. The molecule has 214 valence electrons. The summed E-state index contributed by atoms with van der Waals surface area (Å²) in [6.45, 7) is 1.92. The Balaban J connectivity index is 1.21. The van der Waals surface area contributed by atoms with Gasteiger partial charge in [-0.3, -0.25) is 14.4 Å². The summed E-state index contributed by atoms with van der Waals surface area (Å²) in [5.41, 5.74) is 1.25. The summed E-state index contributed by atoms with van der Waals surface area (Å²) in [5, 5.41) is 5.81. The number of carbonyl (C=O) groups excluding carboxylic acids is 3. The van der Waals surface area contributed by atoms with Crippen LogP contribution in [0.3, 0.4) is 0 Å². The number of nitrogens with one attached hydrogen (secondary N) is 2. The number of hydrogen-bond donors (Lipinski definition) is 2. The van der Waals surface area contributed by atoms with Gasteiger partial charge in [-0.25, -0.2) is 0 Å². The van der Waals surface area contributed by atoms with Crippen molar-refractivity contribution in [2.45, 2.75) is 43.9 Å². The van der Waals surface area contributed by atoms with Gasteiger partial charge in [0.1, 0.15) is 18.5 Å². The van der Waals surface area contributed by atoms with E-state index in [1.807, 2.05) is 14.1 Å². The molecule has 0 spiro atoms. The number of fused-ring (bicyclic) bond motifs is 3. The summed E-state index contributed by atoms with van der Waals surface area (Å²) in [6.07, 6.45) is 1.96. The molecule has 0 radical (unpaired) electrons. The van der Waals surface area contributed by atoms with E-state index in [0.717, 1.165) is 13.0 Å². The number of carbonyl (C=O) groups is 3. The zero-order valence-corrected chi connectivity index (χ0v) is 23.1. The third kappa shape index (κ3) is 6.31. The number of hydrogen-bond acceptors (Lipinski definition) is 8. The smallest absolute Gasteiger partial charge is 0.257 e. The fourth-order valence-electron chi connectivity index (χ4n) is 5.25. The molecule has 1 saturated heterocycles. The largest absolute Gasteiger partial charge is 0.490 e. The highest BCUT2D eigenvalue weighted by atomic mass is 16.7. The Morgan fingerprint density at radius 3 is 2.65 bits per heavy atom. The molecule has 2 aromatic carbocycles. The van der Waals surface area contributed by atoms with Crippen LogP contribution in [0.15, 0.2) is 36.4 Å². The highest BCUT2D eigenvalue weighted by Crippen LogP contribution is 2.34. The molecule has 11 nitrogen and oxygen atoms in total. The predicted octanol–water partition coefficient (Wildman–Crippen LogP) is 2.51. The van der Waals surface area contributed by atoms with Gasteiger partial charge >= 0.3 is 0 Å². The molecule has 3 aliphatic heterocycles. The quantitative estimate of drug-likeness (QED) is 0.480. The molecular weight excluding hydrogens is 516 g/mol. The van der Waals surface area contributed by atoms with Crippen molar-refractivity contribution in [3.8, 4) is 17.2 Å². The summed E-state index contributed by atoms with van der Waals surface area (Å²) in [4.78, 5) is 42.6. The zero-order valence-electron chi connectivity index (χ0n) is 23.1. The lowest BCUT2D eigenvalue weighted by molar-refractivity contribution is -0.134. The lowest BCUT2D eigenvalue weighted by Gasteiger charge is -2.42. The zero-order chi connectivity index (χ0) is 28.2. The van der Waals surface area contributed by atoms with Crippen molar-refractivity contribution in [3.05, 3.63) is 47.5 Å². The van der Waals surface area contributed by atoms with Crippen LogP contribution < -0.4 is 24.8 Å². The van der Waals surface area contributed by atoms with E-state index in [9.17, 15) is 14.4 Å². The maximum Gasteiger partial charge on any atom is 0.257 e. The minimum absolute atomic E-state index is 0.0286. The lowest BCUT2D eigenvalue weighted by Crippen LogP contribution is -2.54. The Bertz CT molecular complexity index is 1270. The normalized spacial score (nSPS) is 21.6. The molecule has 0 aliphatic carbocycles. The molecular formula is C29H36N4O7. The summed E-state index contributed by atoms with van der Waals surface area (Å²) < 4.78 is 23.0. The first-order valence-corrected chi connectivity index (χ1v) is 13.6. The fourth-order valence-corrected chi connectivity index (χ4v) is 5.25. The molecule has 0 saturated carbocycles. The predicted molar refractivity (Wildman–Crippen MR) is 147 cm³/mol. The third-order valence-electron chi connectivity index (χ3n) is 7.42. The van der Waals surface area contributed by atoms with Gasteiger partial charge in [-0.15, -0.1) is 0 Å². The highest BCUT2D eigenvalue weighted by molar-refractivity contribution is 6.06. The Labute approximate surface area is 233 Å². The molecule has 0 bridgehead atoms. The Hall–Kier alpha value is -3.83. The fraction of sp³-hybridized carbons (Fsp3) is 0.483. The van der Waals surface area contributed by atoms with E-state index in [2.05, 4.69) is 15.5 Å². The second kappa shape index (κ2) is 12.1. The van der Waals surface area contributed by atoms with Crippen molar-refractivity contribution in [1.29, 1.82) is 0 Å². The SMILES string of the molecule is CN(C)CCCNC(=O)C[C@H]1CC[C@H]2[C@@H](COc3ccc(NC(=O)c4ccc5c(c4)OCO5)cc3C(=O)N2C)O1. The van der Waals surface area contributed by atoms with Crippen molar-refractivity contribution in [1.82, 2.24) is 15.1 Å². The van der Waals surface area contributed by atoms with E-state index in [4.69, 9.17) is 18.9 Å². The van der Waals surface area contributed by atoms with Crippen molar-refractivity contribution in [2.24, 2.45) is 0 Å². The maximum absolute atomic E-state index is 13.5. The molecule has 11 heteroatoms. The summed E-state index contributed by atoms with van der Waals surface area (Å²) in [5.74, 6) is 0.950. The topological polar surface area (TPSA) is 119 Å². The van der Waals surface area contributed by atoms with Crippen molar-refractivity contribution in [2.75, 3.05) is 52.9 Å². The van der Waals surface area contributed by atoms with Gasteiger partial charge in [-0.1, -0.05) is 0 Å². The van der Waals surface area contributed by atoms with Crippen molar-refractivity contribution in [3.63, 3.8) is 0 Å². The number of amides is 3. The van der Waals surface area contributed by atoms with Gasteiger partial charge in [0.15, 0.2) is 11.5 Å². The van der Waals surface area contributed by atoms with Crippen LogP contribution in [0.4, 0.5) is 5.69 Å². The molecule has 1 fully saturated rings. The number of rotatable bonds is 8. The van der Waals surface area contributed by atoms with E-state index < -0.39 is 0 Å². The van der Waals surface area contributed by atoms with E-state index in [-0.39, 0.29) is 55.8 Å². The van der Waals surface area contributed by atoms with E-state index >= 15 is 0 Å². The van der Waals surface area contributed by atoms with Gasteiger partial charge in [0, 0.05) is 24.8 Å². The Kier molecular flexibility index (Phi) is 8.41. The van der Waals surface area contributed by atoms with Gasteiger partial charge in [-0.2, -0.15) is 0 Å². The monoisotopic (exact) mass is 552 g/mol. The van der Waals surface area contributed by atoms with Crippen molar-refractivity contribution >= 4 is 23.4 Å². The van der Waals surface area contributed by atoms with Crippen LogP contribution in [0.5, 0.6) is 17.2 Å². The van der Waals surface area contributed by atoms with Crippen LogP contribution >= 0.6 is 0 Å². The number of likely N-dealkylation sites (N-methyl/N-ethyl adjacent to an activating group) is 1. The molecule has 0 aromatic heterocycles. The average molecular weight is 553 g/mol. The van der Waals surface area contributed by atoms with E-state index in [1.165, 1.54) is 0 Å². The number of ether oxygens (including phenoxy) is 4. The van der Waals surface area contributed by atoms with Crippen LogP contribution in [0, 0.1) is 0 Å². The number of nitrogens with zero attached hydrogens (tertiary/aromatic N) is 2. The Morgan fingerprint density at radius 2 is 1.82 bits per heavy atom. The molecule has 40 heavy (non-hydrogen) atoms. The van der Waals surface area contributed by atoms with Crippen LogP contribution in [-0.4, -0.2) is 93.4 Å². The van der Waals surface area contributed by atoms with Gasteiger partial charge in [-0.05, 0) is 76.3 Å². The van der Waals surface area contributed by atoms with Gasteiger partial charge in [0.25, 0.3) is 11.8 Å². The second-order valence-electron chi connectivity index (χ2n) is 10.6. The minimum atomic E-state index is -0.354. The highest BCUT2D eigenvalue weighted by Gasteiger charge is 2.39. The molecule has 3 aliphatic rings. The molecule has 2 N–H and O–H groups in total. The summed E-state index contributed by atoms with van der Waals surface area (Å²) in [7, 11) is 5.77. The maximum atomic E-state index is 13.5. The summed E-state index contributed by atoms with van der Waals surface area (Å²) >= 11 is 0. The molecule has 3 amide bonds. The molecule has 5 rings (SSSR count). The first kappa shape index (κ1) is 27.7.